The third-order valence-corrected chi connectivity index (χ3v) is 9.10. The average Bonchev–Trinajstić information content (AvgIpc) is 3.42. The summed E-state index contributed by atoms with van der Waals surface area (Å²) in [5.41, 5.74) is 7.96. The molecule has 3 atom stereocenters. The molecular formula is C33H40N8O3. The molecule has 3 aromatic rings. The molecule has 0 bridgehead atoms. The molecule has 1 unspecified atom stereocenters. The minimum atomic E-state index is -0.788. The molecule has 11 heteroatoms. The molecule has 44 heavy (non-hydrogen) atoms. The highest BCUT2D eigenvalue weighted by Gasteiger charge is 2.42. The van der Waals surface area contributed by atoms with Crippen molar-refractivity contribution in [1.29, 1.82) is 5.26 Å². The van der Waals surface area contributed by atoms with Gasteiger partial charge in [0.25, 0.3) is 0 Å². The van der Waals surface area contributed by atoms with E-state index in [0.29, 0.717) is 56.4 Å². The van der Waals surface area contributed by atoms with Crippen molar-refractivity contribution in [1.82, 2.24) is 24.8 Å². The number of nitrogen functional groups attached to an aromatic ring is 1. The summed E-state index contributed by atoms with van der Waals surface area (Å²) in [4.78, 5) is 33.5. The molecule has 0 aliphatic carbocycles. The SMILES string of the molecule is C=CC(=O)N1CCN(c2nc(OC[C@@H]3CCCN3C)nc3c2C(C)(C)OC(c2nc(N)cc4ccccc24)C3)C[C@@H]1CC#N. The number of aromatic nitrogens is 3. The van der Waals surface area contributed by atoms with E-state index in [1.807, 2.05) is 44.2 Å². The van der Waals surface area contributed by atoms with Crippen LogP contribution in [0.1, 0.15) is 56.2 Å². The van der Waals surface area contributed by atoms with E-state index in [4.69, 9.17) is 30.2 Å². The highest BCUT2D eigenvalue weighted by molar-refractivity contribution is 5.88. The van der Waals surface area contributed by atoms with E-state index in [0.717, 1.165) is 47.1 Å². The number of nitrogens with zero attached hydrogens (tertiary/aromatic N) is 7. The van der Waals surface area contributed by atoms with Crippen LogP contribution in [0.25, 0.3) is 10.8 Å². The molecule has 2 aromatic heterocycles. The van der Waals surface area contributed by atoms with Crippen molar-refractivity contribution in [2.45, 2.75) is 63.3 Å². The van der Waals surface area contributed by atoms with E-state index in [9.17, 15) is 10.1 Å². The number of nitriles is 1. The number of likely N-dealkylation sites (N-methyl/N-ethyl adjacent to an activating group) is 1. The largest absolute Gasteiger partial charge is 0.462 e. The van der Waals surface area contributed by atoms with Gasteiger partial charge in [-0.1, -0.05) is 30.8 Å². The Labute approximate surface area is 258 Å². The molecule has 0 saturated carbocycles. The third-order valence-electron chi connectivity index (χ3n) is 9.10. The molecule has 0 spiro atoms. The van der Waals surface area contributed by atoms with Gasteiger partial charge in [-0.3, -0.25) is 4.79 Å². The fourth-order valence-corrected chi connectivity index (χ4v) is 6.90. The van der Waals surface area contributed by atoms with Gasteiger partial charge in [-0.25, -0.2) is 4.98 Å². The number of carbonyl (C=O) groups excluding carboxylic acids is 1. The first-order chi connectivity index (χ1) is 21.2. The van der Waals surface area contributed by atoms with Gasteiger partial charge < -0.3 is 29.9 Å². The lowest BCUT2D eigenvalue weighted by Gasteiger charge is -2.44. The fourth-order valence-electron chi connectivity index (χ4n) is 6.90. The summed E-state index contributed by atoms with van der Waals surface area (Å²) in [6.45, 7) is 10.7. The number of rotatable bonds is 7. The van der Waals surface area contributed by atoms with Crippen LogP contribution < -0.4 is 15.4 Å². The first-order valence-corrected chi connectivity index (χ1v) is 15.3. The summed E-state index contributed by atoms with van der Waals surface area (Å²) in [6, 6.07) is 12.5. The van der Waals surface area contributed by atoms with Crippen LogP contribution in [0.15, 0.2) is 43.0 Å². The van der Waals surface area contributed by atoms with Gasteiger partial charge in [0.1, 0.15) is 24.3 Å². The molecule has 230 valence electrons. The molecule has 6 rings (SSSR count). The second-order valence-electron chi connectivity index (χ2n) is 12.4. The number of piperazine rings is 1. The Morgan fingerprint density at radius 2 is 2.05 bits per heavy atom. The van der Waals surface area contributed by atoms with E-state index in [1.165, 1.54) is 6.08 Å². The van der Waals surface area contributed by atoms with Crippen molar-refractivity contribution < 1.29 is 14.3 Å². The second-order valence-corrected chi connectivity index (χ2v) is 12.4. The summed E-state index contributed by atoms with van der Waals surface area (Å²) in [6.07, 6.45) is 3.80. The van der Waals surface area contributed by atoms with Gasteiger partial charge in [0.05, 0.1) is 35.5 Å². The predicted octanol–water partition coefficient (Wildman–Crippen LogP) is 3.75. The molecular weight excluding hydrogens is 556 g/mol. The van der Waals surface area contributed by atoms with Crippen LogP contribution in [0.4, 0.5) is 11.6 Å². The maximum Gasteiger partial charge on any atom is 0.318 e. The maximum absolute atomic E-state index is 12.6. The lowest BCUT2D eigenvalue weighted by atomic mass is 9.88. The quantitative estimate of drug-likeness (QED) is 0.402. The van der Waals surface area contributed by atoms with Crippen LogP contribution in [-0.2, 0) is 21.6 Å². The van der Waals surface area contributed by atoms with Gasteiger partial charge in [-0.05, 0) is 57.8 Å². The number of anilines is 2. The van der Waals surface area contributed by atoms with Crippen LogP contribution in [0.5, 0.6) is 6.01 Å². The smallest absolute Gasteiger partial charge is 0.318 e. The summed E-state index contributed by atoms with van der Waals surface area (Å²) < 4.78 is 13.1. The summed E-state index contributed by atoms with van der Waals surface area (Å²) in [5.74, 6) is 0.981. The maximum atomic E-state index is 12.6. The lowest BCUT2D eigenvalue weighted by molar-refractivity contribution is -0.128. The second kappa shape index (κ2) is 12.0. The van der Waals surface area contributed by atoms with Gasteiger partial charge in [0.15, 0.2) is 0 Å². The summed E-state index contributed by atoms with van der Waals surface area (Å²) in [5, 5.41) is 11.6. The Morgan fingerprint density at radius 3 is 2.80 bits per heavy atom. The molecule has 2 N–H and O–H groups in total. The number of carbonyl (C=O) groups is 1. The number of likely N-dealkylation sites (tertiary alicyclic amines) is 1. The first kappa shape index (κ1) is 29.8. The molecule has 1 amide bonds. The van der Waals surface area contributed by atoms with Gasteiger partial charge >= 0.3 is 6.01 Å². The minimum Gasteiger partial charge on any atom is -0.462 e. The van der Waals surface area contributed by atoms with Gasteiger partial charge in [0, 0.05) is 43.0 Å². The molecule has 1 aromatic carbocycles. The van der Waals surface area contributed by atoms with Gasteiger partial charge in [-0.15, -0.1) is 0 Å². The predicted molar refractivity (Wildman–Crippen MR) is 168 cm³/mol. The van der Waals surface area contributed by atoms with Crippen LogP contribution in [-0.4, -0.2) is 82.6 Å². The minimum absolute atomic E-state index is 0.173. The normalized spacial score (nSPS) is 23.3. The molecule has 3 aliphatic rings. The average molecular weight is 597 g/mol. The van der Waals surface area contributed by atoms with Crippen LogP contribution in [0.2, 0.25) is 0 Å². The third kappa shape index (κ3) is 5.67. The zero-order valence-corrected chi connectivity index (χ0v) is 25.7. The highest BCUT2D eigenvalue weighted by Crippen LogP contribution is 2.46. The van der Waals surface area contributed by atoms with Crippen molar-refractivity contribution in [2.24, 2.45) is 0 Å². The Balaban J connectivity index is 1.41. The molecule has 0 radical (unpaired) electrons. The summed E-state index contributed by atoms with van der Waals surface area (Å²) in [7, 11) is 2.12. The number of amides is 1. The van der Waals surface area contributed by atoms with Crippen molar-refractivity contribution in [2.75, 3.05) is 50.5 Å². The monoisotopic (exact) mass is 596 g/mol. The zero-order chi connectivity index (χ0) is 31.0. The fraction of sp³-hybridized carbons (Fsp3) is 0.485. The number of fused-ring (bicyclic) bond motifs is 2. The Bertz CT molecular complexity index is 1620. The molecule has 5 heterocycles. The number of benzene rings is 1. The van der Waals surface area contributed by atoms with Crippen molar-refractivity contribution in [3.63, 3.8) is 0 Å². The van der Waals surface area contributed by atoms with Gasteiger partial charge in [0.2, 0.25) is 5.91 Å². The van der Waals surface area contributed by atoms with E-state index >= 15 is 0 Å². The van der Waals surface area contributed by atoms with E-state index in [1.54, 1.807) is 4.90 Å². The standard InChI is InChI=1S/C33H40N8O3/c1-5-28(42)41-16-15-40(19-22(41)12-13-34)31-29-25(36-32(38-31)43-20-23-10-8-14-39(23)4)18-26(44-33(29,2)3)30-24-11-7-6-9-21(24)17-27(35)37-30/h5-7,9,11,17,22-23,26H,1,8,10,12,14-16,18-20H2,2-4H3,(H2,35,37)/t22-,23-,26?/m0/s1. The lowest BCUT2D eigenvalue weighted by Crippen LogP contribution is -2.55. The van der Waals surface area contributed by atoms with Crippen LogP contribution in [0, 0.1) is 11.3 Å². The molecule has 2 fully saturated rings. The van der Waals surface area contributed by atoms with Gasteiger partial charge in [-0.2, -0.15) is 15.2 Å². The number of ether oxygens (including phenoxy) is 2. The Hall–Kier alpha value is -4.27. The number of pyridine rings is 1. The summed E-state index contributed by atoms with van der Waals surface area (Å²) >= 11 is 0. The number of hydrogen-bond acceptors (Lipinski definition) is 10. The van der Waals surface area contributed by atoms with E-state index < -0.39 is 11.7 Å². The molecule has 2 saturated heterocycles. The number of nitrogens with two attached hydrogens (primary N) is 1. The van der Waals surface area contributed by atoms with Crippen molar-refractivity contribution in [3.8, 4) is 12.1 Å². The van der Waals surface area contributed by atoms with Crippen molar-refractivity contribution in [3.05, 3.63) is 59.9 Å². The van der Waals surface area contributed by atoms with Crippen LogP contribution in [0.3, 0.4) is 0 Å². The molecule has 3 aliphatic heterocycles. The zero-order valence-electron chi connectivity index (χ0n) is 25.7. The van der Waals surface area contributed by atoms with Crippen LogP contribution >= 0.6 is 0 Å². The molecule has 11 nitrogen and oxygen atoms in total. The highest BCUT2D eigenvalue weighted by atomic mass is 16.5. The van der Waals surface area contributed by atoms with E-state index in [2.05, 4.69) is 29.5 Å². The van der Waals surface area contributed by atoms with E-state index in [-0.39, 0.29) is 18.4 Å². The first-order valence-electron chi connectivity index (χ1n) is 15.3. The van der Waals surface area contributed by atoms with Crippen molar-refractivity contribution >= 4 is 28.3 Å². The Morgan fingerprint density at radius 1 is 1.23 bits per heavy atom. The number of hydrogen-bond donors (Lipinski definition) is 1. The topological polar surface area (TPSA) is 134 Å². The Kier molecular flexibility index (Phi) is 8.14.